The van der Waals surface area contributed by atoms with E-state index < -0.39 is 41.3 Å². The Hall–Kier alpha value is -5.55. The summed E-state index contributed by atoms with van der Waals surface area (Å²) in [7, 11) is 3.42. The predicted molar refractivity (Wildman–Crippen MR) is 277 cm³/mol. The Bertz CT molecular complexity index is 2710. The number of pyridine rings is 1. The van der Waals surface area contributed by atoms with Gasteiger partial charge in [-0.1, -0.05) is 39.8 Å². The van der Waals surface area contributed by atoms with Crippen molar-refractivity contribution >= 4 is 40.3 Å². The minimum Gasteiger partial charge on any atom is -0.492 e. The average molecular weight is 986 g/mol. The molecule has 2 aromatic heterocycles. The highest BCUT2D eigenvalue weighted by Crippen LogP contribution is 2.44. The van der Waals surface area contributed by atoms with Gasteiger partial charge in [-0.2, -0.15) is 0 Å². The summed E-state index contributed by atoms with van der Waals surface area (Å²) in [4.78, 5) is 69.8. The summed E-state index contributed by atoms with van der Waals surface area (Å²) in [5.41, 5.74) is 11.6. The number of aryl methyl sites for hydroxylation is 1. The second kappa shape index (κ2) is 20.4. The number of cyclic esters (lactones) is 1. The third-order valence-electron chi connectivity index (χ3n) is 16.2. The number of carbonyl (C=O) groups is 4. The first-order chi connectivity index (χ1) is 34.6. The van der Waals surface area contributed by atoms with E-state index in [-0.39, 0.29) is 49.5 Å². The number of piperazine rings is 1. The summed E-state index contributed by atoms with van der Waals surface area (Å²) < 4.78 is 21.4. The van der Waals surface area contributed by atoms with Gasteiger partial charge in [0.1, 0.15) is 30.5 Å². The number of nitrogens with zero attached hydrogens (tertiary/aromatic N) is 6. The summed E-state index contributed by atoms with van der Waals surface area (Å²) in [6, 6.07) is 12.9. The van der Waals surface area contributed by atoms with Crippen LogP contribution in [0.5, 0.6) is 5.75 Å². The molecule has 16 heteroatoms. The molecule has 6 atom stereocenters. The van der Waals surface area contributed by atoms with Crippen molar-refractivity contribution < 1.29 is 33.4 Å². The lowest BCUT2D eigenvalue weighted by molar-refractivity contribution is -0.155. The Kier molecular flexibility index (Phi) is 14.2. The molecule has 3 amide bonds. The third kappa shape index (κ3) is 9.95. The van der Waals surface area contributed by atoms with Crippen LogP contribution in [0.15, 0.2) is 48.7 Å². The van der Waals surface area contributed by atoms with E-state index in [4.69, 9.17) is 19.2 Å². The molecule has 0 radical (unpaired) electrons. The Morgan fingerprint density at radius 3 is 2.42 bits per heavy atom. The molecule has 10 rings (SSSR count). The molecule has 7 heterocycles. The third-order valence-corrected chi connectivity index (χ3v) is 16.2. The molecule has 6 aliphatic rings. The molecule has 0 spiro atoms. The molecule has 3 saturated heterocycles. The summed E-state index contributed by atoms with van der Waals surface area (Å²) in [6.07, 6.45) is 6.69. The van der Waals surface area contributed by atoms with Crippen LogP contribution in [-0.4, -0.2) is 145 Å². The van der Waals surface area contributed by atoms with E-state index in [0.29, 0.717) is 51.1 Å². The van der Waals surface area contributed by atoms with Gasteiger partial charge < -0.3 is 39.2 Å². The number of amides is 3. The van der Waals surface area contributed by atoms with Crippen LogP contribution in [-0.2, 0) is 48.0 Å². The summed E-state index contributed by atoms with van der Waals surface area (Å²) in [5, 5.41) is 9.18. The minimum absolute atomic E-state index is 0.131. The van der Waals surface area contributed by atoms with Crippen LogP contribution in [0.2, 0.25) is 0 Å². The first kappa shape index (κ1) is 50.0. The molecule has 2 aromatic carbocycles. The first-order valence-electron chi connectivity index (χ1n) is 26.6. The summed E-state index contributed by atoms with van der Waals surface area (Å²) in [6.45, 7) is 18.4. The number of hydrogen-bond acceptors (Lipinski definition) is 12. The Balaban J connectivity index is 1.14. The SMILES string of the molecule is CCn1c(-c2cc(N3CCN(C4CC4)CC3)cnc2[C@H](C)OC)c2c3cc(ccc31)-c1cc3cc(c1)OC[C@H]1NCC[C@@H]1C(=O)N(C)[C@@H](C(C)C)C(=O)N[C@@H](C3)C(=O)N1CCC[C@H](N1)C(=O)OCC(C)(C)C2. The number of hydrogen-bond donors (Lipinski definition) is 3. The fourth-order valence-corrected chi connectivity index (χ4v) is 12.1. The van der Waals surface area contributed by atoms with Gasteiger partial charge in [0.05, 0.1) is 47.9 Å². The second-order valence-electron chi connectivity index (χ2n) is 22.4. The number of rotatable bonds is 7. The molecule has 3 N–H and O–H groups in total. The van der Waals surface area contributed by atoms with Gasteiger partial charge in [0.25, 0.3) is 5.91 Å². The minimum atomic E-state index is -1.04. The van der Waals surface area contributed by atoms with E-state index in [1.807, 2.05) is 32.2 Å². The highest BCUT2D eigenvalue weighted by molar-refractivity contribution is 5.96. The number of fused-ring (bicyclic) bond motifs is 8. The maximum Gasteiger partial charge on any atom is 0.324 e. The zero-order chi connectivity index (χ0) is 50.6. The molecule has 8 bridgehead atoms. The van der Waals surface area contributed by atoms with Gasteiger partial charge in [0, 0.05) is 87.8 Å². The monoisotopic (exact) mass is 986 g/mol. The number of carbonyl (C=O) groups excluding carboxylic acids is 4. The van der Waals surface area contributed by atoms with Crippen LogP contribution >= 0.6 is 0 Å². The molecule has 4 fully saturated rings. The Morgan fingerprint density at radius 1 is 0.889 bits per heavy atom. The van der Waals surface area contributed by atoms with Crippen LogP contribution in [0, 0.1) is 17.3 Å². The maximum atomic E-state index is 14.9. The average Bonchev–Trinajstić information content (AvgIpc) is 4.05. The van der Waals surface area contributed by atoms with E-state index in [1.165, 1.54) is 17.9 Å². The lowest BCUT2D eigenvalue weighted by atomic mass is 9.84. The number of likely N-dealkylation sites (N-methyl/N-ethyl adjacent to an activating group) is 1. The number of aromatic nitrogens is 2. The predicted octanol–water partition coefficient (Wildman–Crippen LogP) is 5.88. The lowest BCUT2D eigenvalue weighted by Crippen LogP contribution is -2.62. The van der Waals surface area contributed by atoms with Gasteiger partial charge in [-0.15, -0.1) is 0 Å². The maximum absolute atomic E-state index is 14.9. The first-order valence-corrected chi connectivity index (χ1v) is 26.6. The van der Waals surface area contributed by atoms with Crippen LogP contribution in [0.4, 0.5) is 5.69 Å². The van der Waals surface area contributed by atoms with E-state index in [9.17, 15) is 19.2 Å². The number of nitrogens with one attached hydrogen (secondary N) is 3. The lowest BCUT2D eigenvalue weighted by Gasteiger charge is -2.37. The molecular weight excluding hydrogens is 911 g/mol. The van der Waals surface area contributed by atoms with Gasteiger partial charge in [-0.3, -0.25) is 34.1 Å². The number of anilines is 1. The number of ether oxygens (including phenoxy) is 3. The van der Waals surface area contributed by atoms with Crippen molar-refractivity contribution in [2.75, 3.05) is 71.5 Å². The molecule has 4 aromatic rings. The van der Waals surface area contributed by atoms with Crippen molar-refractivity contribution in [2.24, 2.45) is 17.3 Å². The summed E-state index contributed by atoms with van der Waals surface area (Å²) >= 11 is 0. The molecule has 5 aliphatic heterocycles. The van der Waals surface area contributed by atoms with Gasteiger partial charge in [0.2, 0.25) is 11.8 Å². The molecule has 1 saturated carbocycles. The van der Waals surface area contributed by atoms with E-state index in [1.54, 1.807) is 19.1 Å². The van der Waals surface area contributed by atoms with Crippen LogP contribution in [0.1, 0.15) is 96.6 Å². The van der Waals surface area contributed by atoms with Crippen LogP contribution < -0.4 is 25.7 Å². The quantitative estimate of drug-likeness (QED) is 0.189. The van der Waals surface area contributed by atoms with E-state index in [2.05, 4.69) is 88.5 Å². The Labute approximate surface area is 424 Å². The van der Waals surface area contributed by atoms with Crippen molar-refractivity contribution in [3.63, 3.8) is 0 Å². The van der Waals surface area contributed by atoms with Gasteiger partial charge >= 0.3 is 5.97 Å². The Morgan fingerprint density at radius 2 is 1.68 bits per heavy atom. The molecule has 16 nitrogen and oxygen atoms in total. The number of benzene rings is 2. The van der Waals surface area contributed by atoms with Crippen LogP contribution in [0.25, 0.3) is 33.3 Å². The molecular formula is C56H75N9O7. The largest absolute Gasteiger partial charge is 0.492 e. The van der Waals surface area contributed by atoms with Crippen molar-refractivity contribution in [1.82, 2.24) is 40.4 Å². The fourth-order valence-electron chi connectivity index (χ4n) is 12.1. The van der Waals surface area contributed by atoms with Gasteiger partial charge in [0.15, 0.2) is 0 Å². The van der Waals surface area contributed by atoms with Crippen molar-refractivity contribution in [1.29, 1.82) is 0 Å². The van der Waals surface area contributed by atoms with Crippen molar-refractivity contribution in [3.05, 3.63) is 65.5 Å². The molecule has 386 valence electrons. The molecule has 1 aliphatic carbocycles. The topological polar surface area (TPSA) is 163 Å². The van der Waals surface area contributed by atoms with Crippen molar-refractivity contribution in [2.45, 2.75) is 129 Å². The second-order valence-corrected chi connectivity index (χ2v) is 22.4. The van der Waals surface area contributed by atoms with E-state index in [0.717, 1.165) is 88.0 Å². The standard InChI is InChI=1S/C56H75N9O7/c1-9-64-48-15-12-36-27-42(48)44(51(64)43-28-39(30-58-49(43)34(4)70-8)63-21-19-62(20-22-63)38-13-14-38)29-56(5,6)32-72-55(69)45-11-10-18-65(60-45)54(68)46-25-35-23-37(36)26-40(24-35)71-31-47-41(16-17-57-47)53(67)61(7)50(33(2)3)52(66)59-46/h12,15,23-24,26-28,30,33-34,38,41,45-47,50,57,60H,9-11,13-14,16-22,25,29,31-32H2,1-8H3,(H,59,66)/t34-,41-,45-,46-,47+,50-/m0/s1. The van der Waals surface area contributed by atoms with Gasteiger partial charge in [-0.25, -0.2) is 5.43 Å². The number of esters is 1. The fraction of sp³-hybridized carbons (Fsp3) is 0.589. The van der Waals surface area contributed by atoms with Gasteiger partial charge in [-0.05, 0) is 117 Å². The normalized spacial score (nSPS) is 26.1. The van der Waals surface area contributed by atoms with E-state index >= 15 is 0 Å². The van der Waals surface area contributed by atoms with Crippen molar-refractivity contribution in [3.8, 4) is 28.1 Å². The zero-order valence-corrected chi connectivity index (χ0v) is 43.6. The number of hydrazine groups is 1. The zero-order valence-electron chi connectivity index (χ0n) is 43.6. The summed E-state index contributed by atoms with van der Waals surface area (Å²) in [5.74, 6) is -1.39. The smallest absolute Gasteiger partial charge is 0.324 e. The number of methoxy groups -OCH3 is 1. The highest BCUT2D eigenvalue weighted by Gasteiger charge is 2.42. The molecule has 0 unspecified atom stereocenters. The van der Waals surface area contributed by atoms with Crippen LogP contribution in [0.3, 0.4) is 0 Å². The highest BCUT2D eigenvalue weighted by atomic mass is 16.5. The molecule has 72 heavy (non-hydrogen) atoms.